The maximum atomic E-state index is 8.45. The molecule has 2 N–H and O–H groups in total. The molecule has 0 atom stereocenters. The molecule has 0 fully saturated rings. The molecule has 0 aliphatic rings. The Morgan fingerprint density at radius 2 is 2.38 bits per heavy atom. The Labute approximate surface area is 59.0 Å². The summed E-state index contributed by atoms with van der Waals surface area (Å²) in [4.78, 5) is 0. The lowest BCUT2D eigenvalue weighted by Crippen LogP contribution is -2.18. The van der Waals surface area contributed by atoms with E-state index in [1.54, 1.807) is 0 Å². The molecule has 46 valence electrons. The Hall–Kier alpha value is -0.220. The van der Waals surface area contributed by atoms with Crippen LogP contribution in [0.5, 0.6) is 0 Å². The van der Waals surface area contributed by atoms with E-state index in [9.17, 15) is 0 Å². The van der Waals surface area contributed by atoms with Crippen molar-refractivity contribution in [2.45, 2.75) is 0 Å². The highest BCUT2D eigenvalue weighted by Crippen LogP contribution is 1.80. The van der Waals surface area contributed by atoms with Crippen LogP contribution in [0.15, 0.2) is 12.3 Å². The van der Waals surface area contributed by atoms with E-state index >= 15 is 0 Å². The molecule has 0 saturated heterocycles. The summed E-state index contributed by atoms with van der Waals surface area (Å²) in [5.41, 5.74) is 0. The van der Waals surface area contributed by atoms with Crippen LogP contribution in [0.25, 0.3) is 0 Å². The number of hydrogen-bond donors (Lipinski definition) is 3. The van der Waals surface area contributed by atoms with Crippen molar-refractivity contribution in [3.63, 3.8) is 0 Å². The second-order valence-electron chi connectivity index (χ2n) is 1.22. The molecule has 0 aromatic heterocycles. The van der Waals surface area contributed by atoms with E-state index in [4.69, 9.17) is 5.11 Å². The molecule has 0 saturated carbocycles. The Morgan fingerprint density at radius 3 is 2.50 bits per heavy atom. The summed E-state index contributed by atoms with van der Waals surface area (Å²) in [5.74, 6) is 0.0569. The fourth-order valence-corrected chi connectivity index (χ4v) is 0.329. The molecule has 0 rings (SSSR count). The van der Waals surface area contributed by atoms with Crippen molar-refractivity contribution >= 4 is 29.2 Å². The number of aliphatic hydroxyl groups excluding tert-OH is 1. The van der Waals surface area contributed by atoms with Crippen molar-refractivity contribution < 1.29 is 5.11 Å². The topological polar surface area (TPSA) is 32.3 Å². The Bertz CT molecular complexity index is 98.6. The van der Waals surface area contributed by atoms with Gasteiger partial charge in [-0.2, -0.15) is 0 Å². The van der Waals surface area contributed by atoms with Gasteiger partial charge in [-0.1, -0.05) is 18.8 Å². The summed E-state index contributed by atoms with van der Waals surface area (Å²) < 4.78 is 0.361. The van der Waals surface area contributed by atoms with E-state index in [-0.39, 0.29) is 12.3 Å². The first-order chi connectivity index (χ1) is 3.63. The summed E-state index contributed by atoms with van der Waals surface area (Å²) in [5, 5.41) is 11.0. The zero-order chi connectivity index (χ0) is 6.57. The smallest absolute Gasteiger partial charge is 0.131 e. The number of thiocarbonyl (C=S) groups is 1. The maximum Gasteiger partial charge on any atom is 0.131 e. The molecule has 0 radical (unpaired) electrons. The van der Waals surface area contributed by atoms with Crippen LogP contribution >= 0.6 is 24.8 Å². The highest BCUT2D eigenvalue weighted by atomic mass is 32.1. The second kappa shape index (κ2) is 3.74. The van der Waals surface area contributed by atoms with E-state index in [1.807, 2.05) is 0 Å². The molecule has 0 aliphatic heterocycles. The third-order valence-electron chi connectivity index (χ3n) is 0.444. The van der Waals surface area contributed by atoms with Crippen LogP contribution in [-0.4, -0.2) is 16.0 Å². The fourth-order valence-electron chi connectivity index (χ4n) is 0.178. The van der Waals surface area contributed by atoms with Gasteiger partial charge in [0.1, 0.15) is 10.1 Å². The van der Waals surface area contributed by atoms with Gasteiger partial charge in [0.25, 0.3) is 0 Å². The molecule has 0 aliphatic carbocycles. The summed E-state index contributed by atoms with van der Waals surface area (Å²) in [6, 6.07) is 0. The molecular weight excluding hydrogens is 142 g/mol. The minimum Gasteiger partial charge on any atom is -0.511 e. The average molecular weight is 149 g/mol. The van der Waals surface area contributed by atoms with Crippen LogP contribution < -0.4 is 5.32 Å². The van der Waals surface area contributed by atoms with Gasteiger partial charge in [0.05, 0.1) is 6.54 Å². The minimum atomic E-state index is 0.0569. The summed E-state index contributed by atoms with van der Waals surface area (Å²) >= 11 is 8.26. The molecule has 0 amide bonds. The number of hydrogen-bond acceptors (Lipinski definition) is 2. The van der Waals surface area contributed by atoms with Gasteiger partial charge in [-0.15, -0.1) is 12.6 Å². The van der Waals surface area contributed by atoms with Gasteiger partial charge in [-0.25, -0.2) is 0 Å². The van der Waals surface area contributed by atoms with Gasteiger partial charge >= 0.3 is 0 Å². The zero-order valence-corrected chi connectivity index (χ0v) is 5.93. The fraction of sp³-hybridized carbons (Fsp3) is 0.250. The molecule has 0 aromatic rings. The molecule has 0 spiro atoms. The molecule has 0 aromatic carbocycles. The van der Waals surface area contributed by atoms with Crippen molar-refractivity contribution in [3.8, 4) is 0 Å². The minimum absolute atomic E-state index is 0.0569. The quantitative estimate of drug-likeness (QED) is 0.309. The van der Waals surface area contributed by atoms with Crippen LogP contribution in [0.4, 0.5) is 0 Å². The standard InChI is InChI=1S/C4H7NOS2/c1-3(6)2-5-4(7)8/h6H,1-2H2,(H2,5,7,8). The van der Waals surface area contributed by atoms with Crippen molar-refractivity contribution in [1.29, 1.82) is 0 Å². The van der Waals surface area contributed by atoms with Crippen LogP contribution in [0.2, 0.25) is 0 Å². The molecule has 0 unspecified atom stereocenters. The summed E-state index contributed by atoms with van der Waals surface area (Å²) in [6.45, 7) is 3.51. The highest BCUT2D eigenvalue weighted by molar-refractivity contribution is 8.11. The van der Waals surface area contributed by atoms with Gasteiger partial charge in [-0.3, -0.25) is 0 Å². The van der Waals surface area contributed by atoms with Crippen molar-refractivity contribution in [2.75, 3.05) is 6.54 Å². The van der Waals surface area contributed by atoms with Crippen LogP contribution in [0.1, 0.15) is 0 Å². The van der Waals surface area contributed by atoms with Crippen LogP contribution in [0.3, 0.4) is 0 Å². The molecule has 0 heterocycles. The lowest BCUT2D eigenvalue weighted by atomic mass is 10.6. The molecule has 2 nitrogen and oxygen atoms in total. The number of thiol groups is 1. The zero-order valence-electron chi connectivity index (χ0n) is 4.22. The lowest BCUT2D eigenvalue weighted by molar-refractivity contribution is 0.401. The monoisotopic (exact) mass is 149 g/mol. The average Bonchev–Trinajstić information content (AvgIpc) is 1.61. The molecule has 4 heteroatoms. The number of nitrogens with one attached hydrogen (secondary N) is 1. The van der Waals surface area contributed by atoms with E-state index in [0.717, 1.165) is 0 Å². The highest BCUT2D eigenvalue weighted by Gasteiger charge is 1.86. The van der Waals surface area contributed by atoms with E-state index in [1.165, 1.54) is 0 Å². The van der Waals surface area contributed by atoms with Crippen LogP contribution in [0, 0.1) is 0 Å². The van der Waals surface area contributed by atoms with Crippen molar-refractivity contribution in [2.24, 2.45) is 0 Å². The SMILES string of the molecule is C=C(O)CNC(=S)S. The largest absolute Gasteiger partial charge is 0.511 e. The summed E-state index contributed by atoms with van der Waals surface area (Å²) in [7, 11) is 0. The Balaban J connectivity index is 3.18. The lowest BCUT2D eigenvalue weighted by Gasteiger charge is -1.98. The Kier molecular flexibility index (Phi) is 3.64. The first-order valence-electron chi connectivity index (χ1n) is 1.96. The third-order valence-corrected chi connectivity index (χ3v) is 0.746. The predicted octanol–water partition coefficient (Wildman–Crippen LogP) is 0.862. The number of rotatable bonds is 2. The summed E-state index contributed by atoms with van der Waals surface area (Å²) in [6.07, 6.45) is 0. The van der Waals surface area contributed by atoms with E-state index < -0.39 is 0 Å². The second-order valence-corrected chi connectivity index (χ2v) is 2.38. The molecule has 8 heavy (non-hydrogen) atoms. The van der Waals surface area contributed by atoms with Crippen molar-refractivity contribution in [3.05, 3.63) is 12.3 Å². The van der Waals surface area contributed by atoms with Gasteiger partial charge in [-0.05, 0) is 0 Å². The van der Waals surface area contributed by atoms with Crippen molar-refractivity contribution in [1.82, 2.24) is 5.32 Å². The van der Waals surface area contributed by atoms with Gasteiger partial charge in [0, 0.05) is 0 Å². The predicted molar refractivity (Wildman–Crippen MR) is 41.4 cm³/mol. The van der Waals surface area contributed by atoms with E-state index in [2.05, 4.69) is 36.7 Å². The first kappa shape index (κ1) is 7.78. The van der Waals surface area contributed by atoms with Crippen LogP contribution in [-0.2, 0) is 0 Å². The molecular formula is C4H7NOS2. The molecule has 0 bridgehead atoms. The maximum absolute atomic E-state index is 8.45. The number of aliphatic hydroxyl groups is 1. The van der Waals surface area contributed by atoms with E-state index in [0.29, 0.717) is 4.32 Å². The third kappa shape index (κ3) is 5.78. The Morgan fingerprint density at radius 1 is 1.88 bits per heavy atom. The normalized spacial score (nSPS) is 8.12. The van der Waals surface area contributed by atoms with Gasteiger partial charge in [0.2, 0.25) is 0 Å². The van der Waals surface area contributed by atoms with Gasteiger partial charge in [0.15, 0.2) is 0 Å². The van der Waals surface area contributed by atoms with Gasteiger partial charge < -0.3 is 10.4 Å². The first-order valence-corrected chi connectivity index (χ1v) is 2.82.